The van der Waals surface area contributed by atoms with Gasteiger partial charge in [0.05, 0.1) is 41.7 Å². The minimum Gasteiger partial charge on any atom is -0.492 e. The molecule has 0 saturated carbocycles. The second-order valence-electron chi connectivity index (χ2n) is 8.62. The molecule has 176 valence electrons. The van der Waals surface area contributed by atoms with Gasteiger partial charge >= 0.3 is 0 Å². The number of rotatable bonds is 13. The Bertz CT molecular complexity index is 687. The summed E-state index contributed by atoms with van der Waals surface area (Å²) in [6.07, 6.45) is 11.2. The van der Waals surface area contributed by atoms with Crippen LogP contribution in [-0.4, -0.2) is 66.2 Å². The summed E-state index contributed by atoms with van der Waals surface area (Å²) >= 11 is 0. The number of hydrogen-bond acceptors (Lipinski definition) is 6. The molecule has 0 amide bonds. The molecule has 6 heteroatoms. The van der Waals surface area contributed by atoms with Crippen molar-refractivity contribution in [1.82, 2.24) is 4.90 Å². The lowest BCUT2D eigenvalue weighted by Crippen LogP contribution is -2.36. The summed E-state index contributed by atoms with van der Waals surface area (Å²) in [6.45, 7) is 5.25. The van der Waals surface area contributed by atoms with Crippen LogP contribution < -0.4 is 18.9 Å². The fraction of sp³-hybridized carbons (Fsp3) is 0.760. The normalized spacial score (nSPS) is 18.6. The molecule has 0 aromatic heterocycles. The third-order valence-corrected chi connectivity index (χ3v) is 6.81. The third kappa shape index (κ3) is 5.78. The molecule has 0 N–H and O–H groups in total. The Kier molecular flexibility index (Phi) is 9.59. The van der Waals surface area contributed by atoms with E-state index in [0.717, 1.165) is 50.6 Å². The molecule has 1 atom stereocenters. The molecule has 1 saturated heterocycles. The summed E-state index contributed by atoms with van der Waals surface area (Å²) in [5.41, 5.74) is 2.49. The highest BCUT2D eigenvalue weighted by Crippen LogP contribution is 2.56. The Labute approximate surface area is 188 Å². The molecule has 2 aliphatic rings. The zero-order chi connectivity index (χ0) is 22.1. The fourth-order valence-electron chi connectivity index (χ4n) is 5.20. The van der Waals surface area contributed by atoms with Crippen molar-refractivity contribution in [1.29, 1.82) is 0 Å². The monoisotopic (exact) mass is 435 g/mol. The first-order chi connectivity index (χ1) is 15.2. The molecule has 1 aliphatic heterocycles. The number of methoxy groups -OCH3 is 4. The minimum absolute atomic E-state index is 0.500. The smallest absolute Gasteiger partial charge is 0.207 e. The van der Waals surface area contributed by atoms with E-state index >= 15 is 0 Å². The molecular formula is C25H41NO5. The summed E-state index contributed by atoms with van der Waals surface area (Å²) in [7, 11) is 6.74. The maximum Gasteiger partial charge on any atom is 0.207 e. The molecule has 31 heavy (non-hydrogen) atoms. The minimum atomic E-state index is 0.500. The quantitative estimate of drug-likeness (QED) is 0.414. The Hall–Kier alpha value is -1.66. The maximum absolute atomic E-state index is 5.80. The van der Waals surface area contributed by atoms with Crippen molar-refractivity contribution in [2.75, 3.05) is 61.3 Å². The van der Waals surface area contributed by atoms with Crippen molar-refractivity contribution in [3.05, 3.63) is 11.1 Å². The van der Waals surface area contributed by atoms with Gasteiger partial charge in [-0.1, -0.05) is 32.1 Å². The number of ether oxygens (including phenoxy) is 5. The molecule has 1 unspecified atom stereocenters. The number of fused-ring (bicyclic) bond motifs is 1. The first-order valence-corrected chi connectivity index (χ1v) is 11.9. The van der Waals surface area contributed by atoms with Crippen molar-refractivity contribution >= 4 is 0 Å². The van der Waals surface area contributed by atoms with Gasteiger partial charge in [0.1, 0.15) is 0 Å². The lowest BCUT2D eigenvalue weighted by Gasteiger charge is -2.26. The molecule has 3 rings (SSSR count). The van der Waals surface area contributed by atoms with Crippen LogP contribution in [0.5, 0.6) is 23.0 Å². The zero-order valence-corrected chi connectivity index (χ0v) is 20.0. The Morgan fingerprint density at radius 2 is 1.32 bits per heavy atom. The van der Waals surface area contributed by atoms with Crippen LogP contribution in [0, 0.1) is 0 Å². The maximum atomic E-state index is 5.80. The van der Waals surface area contributed by atoms with Crippen molar-refractivity contribution in [3.8, 4) is 23.0 Å². The van der Waals surface area contributed by atoms with Crippen LogP contribution >= 0.6 is 0 Å². The van der Waals surface area contributed by atoms with E-state index in [-0.39, 0.29) is 0 Å². The summed E-state index contributed by atoms with van der Waals surface area (Å²) in [5.74, 6) is 3.41. The van der Waals surface area contributed by atoms with Crippen molar-refractivity contribution in [3.63, 3.8) is 0 Å². The van der Waals surface area contributed by atoms with E-state index in [1.54, 1.807) is 28.4 Å². The Morgan fingerprint density at radius 1 is 0.742 bits per heavy atom. The lowest BCUT2D eigenvalue weighted by molar-refractivity contribution is 0.0371. The van der Waals surface area contributed by atoms with Crippen LogP contribution in [0.25, 0.3) is 0 Å². The summed E-state index contributed by atoms with van der Waals surface area (Å²) < 4.78 is 28.2. The highest BCUT2D eigenvalue weighted by molar-refractivity contribution is 5.69. The fourth-order valence-corrected chi connectivity index (χ4v) is 5.20. The zero-order valence-electron chi connectivity index (χ0n) is 20.0. The van der Waals surface area contributed by atoms with Crippen molar-refractivity contribution < 1.29 is 23.7 Å². The number of benzene rings is 1. The molecule has 0 radical (unpaired) electrons. The van der Waals surface area contributed by atoms with E-state index in [1.807, 2.05) is 0 Å². The molecule has 1 aliphatic carbocycles. The van der Waals surface area contributed by atoms with Crippen LogP contribution in [0.3, 0.4) is 0 Å². The van der Waals surface area contributed by atoms with Gasteiger partial charge in [0.2, 0.25) is 11.5 Å². The van der Waals surface area contributed by atoms with E-state index in [9.17, 15) is 0 Å². The van der Waals surface area contributed by atoms with Gasteiger partial charge in [0.15, 0.2) is 11.5 Å². The number of morpholine rings is 1. The first-order valence-electron chi connectivity index (χ1n) is 11.9. The van der Waals surface area contributed by atoms with Crippen LogP contribution in [0.1, 0.15) is 68.4 Å². The molecule has 1 fully saturated rings. The standard InChI is InChI=1S/C25H41NO5/c1-27-22-20-13-12-19(21(20)23(28-2)25(30-4)24(22)29-3)11-9-7-5-6-8-10-14-26-15-17-31-18-16-26/h19H,5-18H2,1-4H3. The molecule has 0 bridgehead atoms. The van der Waals surface area contributed by atoms with Crippen LogP contribution in [0.2, 0.25) is 0 Å². The number of unbranched alkanes of at least 4 members (excludes halogenated alkanes) is 5. The predicted molar refractivity (Wildman–Crippen MR) is 123 cm³/mol. The highest BCUT2D eigenvalue weighted by Gasteiger charge is 2.35. The van der Waals surface area contributed by atoms with Gasteiger partial charge < -0.3 is 23.7 Å². The van der Waals surface area contributed by atoms with E-state index < -0.39 is 0 Å². The number of nitrogens with zero attached hydrogens (tertiary/aromatic N) is 1. The Morgan fingerprint density at radius 3 is 1.97 bits per heavy atom. The average molecular weight is 436 g/mol. The summed E-state index contributed by atoms with van der Waals surface area (Å²) in [4.78, 5) is 2.53. The van der Waals surface area contributed by atoms with Crippen molar-refractivity contribution in [2.45, 2.75) is 63.7 Å². The lowest BCUT2D eigenvalue weighted by atomic mass is 9.93. The predicted octanol–water partition coefficient (Wildman–Crippen LogP) is 4.81. The SMILES string of the molecule is COc1c2c(c(OC)c(OC)c1OC)C(CCCCCCCCN1CCOCC1)CC2. The van der Waals surface area contributed by atoms with Gasteiger partial charge in [0, 0.05) is 24.2 Å². The van der Waals surface area contributed by atoms with Crippen LogP contribution in [0.15, 0.2) is 0 Å². The average Bonchev–Trinajstić information content (AvgIpc) is 3.23. The topological polar surface area (TPSA) is 49.4 Å². The van der Waals surface area contributed by atoms with Gasteiger partial charge in [-0.05, 0) is 38.1 Å². The van der Waals surface area contributed by atoms with Gasteiger partial charge in [-0.3, -0.25) is 4.90 Å². The molecule has 1 aromatic rings. The molecule has 1 aromatic carbocycles. The summed E-state index contributed by atoms with van der Waals surface area (Å²) in [5, 5.41) is 0. The van der Waals surface area contributed by atoms with Crippen molar-refractivity contribution in [2.24, 2.45) is 0 Å². The third-order valence-electron chi connectivity index (χ3n) is 6.81. The van der Waals surface area contributed by atoms with Gasteiger partial charge in [-0.2, -0.15) is 0 Å². The highest BCUT2D eigenvalue weighted by atomic mass is 16.5. The second-order valence-corrected chi connectivity index (χ2v) is 8.62. The Balaban J connectivity index is 1.47. The second kappa shape index (κ2) is 12.4. The van der Waals surface area contributed by atoms with Crippen LogP contribution in [-0.2, 0) is 11.2 Å². The summed E-state index contributed by atoms with van der Waals surface area (Å²) in [6, 6.07) is 0. The van der Waals surface area contributed by atoms with Gasteiger partial charge in [-0.25, -0.2) is 0 Å². The molecular weight excluding hydrogens is 394 g/mol. The largest absolute Gasteiger partial charge is 0.492 e. The first kappa shape index (κ1) is 24.0. The molecule has 0 spiro atoms. The van der Waals surface area contributed by atoms with Gasteiger partial charge in [-0.15, -0.1) is 0 Å². The molecule has 6 nitrogen and oxygen atoms in total. The van der Waals surface area contributed by atoms with Crippen LogP contribution in [0.4, 0.5) is 0 Å². The molecule has 1 heterocycles. The van der Waals surface area contributed by atoms with E-state index in [4.69, 9.17) is 23.7 Å². The van der Waals surface area contributed by atoms with E-state index in [2.05, 4.69) is 4.90 Å². The number of hydrogen-bond donors (Lipinski definition) is 0. The van der Waals surface area contributed by atoms with E-state index in [0.29, 0.717) is 17.4 Å². The van der Waals surface area contributed by atoms with Gasteiger partial charge in [0.25, 0.3) is 0 Å². The van der Waals surface area contributed by atoms with E-state index in [1.165, 1.54) is 62.6 Å².